The number of aliphatic imine (C=N–C) groups is 1. The first kappa shape index (κ1) is 23.7. The van der Waals surface area contributed by atoms with Gasteiger partial charge in [-0.15, -0.1) is 0 Å². The van der Waals surface area contributed by atoms with Gasteiger partial charge in [0, 0.05) is 17.8 Å². The maximum Gasteiger partial charge on any atom is 0.309 e. The zero-order valence-electron chi connectivity index (χ0n) is 17.2. The monoisotopic (exact) mass is 480 g/mol. The summed E-state index contributed by atoms with van der Waals surface area (Å²) in [5.74, 6) is -3.93. The van der Waals surface area contributed by atoms with Gasteiger partial charge in [-0.3, -0.25) is 0 Å². The van der Waals surface area contributed by atoms with Gasteiger partial charge in [-0.05, 0) is 0 Å². The molecule has 5 fully saturated rings. The molecular weight excluding hydrogens is 452 g/mol. The van der Waals surface area contributed by atoms with Crippen LogP contribution in [0.4, 0.5) is 0 Å². The first-order valence-electron chi connectivity index (χ1n) is 10.5. The largest absolute Gasteiger partial charge is 0.394 e. The topological polar surface area (TPSA) is 257 Å². The van der Waals surface area contributed by atoms with Crippen LogP contribution in [0.3, 0.4) is 0 Å². The summed E-state index contributed by atoms with van der Waals surface area (Å²) in [6.07, 6.45) is -16.4. The number of aliphatic hydroxyl groups excluding tert-OH is 7. The maximum atomic E-state index is 11.5. The third kappa shape index (κ3) is 2.94. The lowest BCUT2D eigenvalue weighted by Gasteiger charge is -2.71. The Labute approximate surface area is 186 Å². The number of hydrogen-bond acceptors (Lipinski definition) is 15. The zero-order valence-corrected chi connectivity index (χ0v) is 17.2. The summed E-state index contributed by atoms with van der Waals surface area (Å²) in [4.78, 5) is 3.86. The van der Waals surface area contributed by atoms with Crippen LogP contribution in [-0.4, -0.2) is 138 Å². The molecule has 1 spiro atoms. The number of rotatable bonds is 4. The molecule has 5 heterocycles. The van der Waals surface area contributed by atoms with Crippen LogP contribution < -0.4 is 5.73 Å². The standard InChI is InChI=1S/C18H28N2O13/c19-5-1-16-6(13(26)20-5)11-17(28,12(10(16)25)33-18(29,32-11)15(16)27)3-30-14-9(24)8(23)7(22)4(2-21)31-14/h4,6-15,21-29H,1-3H2,(H2,19,20)/t4-,6?,7+,8+,9-,10?,11?,12?,13?,14?,15-,16?,17?,18?/m0/s1. The van der Waals surface area contributed by atoms with E-state index < -0.39 is 97.5 Å². The van der Waals surface area contributed by atoms with Gasteiger partial charge >= 0.3 is 5.97 Å². The maximum absolute atomic E-state index is 11.5. The van der Waals surface area contributed by atoms with Crippen molar-refractivity contribution in [3.05, 3.63) is 0 Å². The molecular formula is C18H28N2O13. The van der Waals surface area contributed by atoms with Gasteiger partial charge in [0.15, 0.2) is 12.5 Å². The van der Waals surface area contributed by atoms with E-state index in [4.69, 9.17) is 24.7 Å². The molecule has 0 aromatic rings. The SMILES string of the molecule is NC1=NC(O)C2C3OC4(O)OC(C(O)C2(C1)[C@@H]4O)C3(O)COC1O[C@@H](CO)[C@@H](O)[C@@H](O)[C@@H]1O. The fourth-order valence-corrected chi connectivity index (χ4v) is 6.00. The van der Waals surface area contributed by atoms with Crippen LogP contribution in [0, 0.1) is 11.3 Å². The molecule has 0 aromatic carbocycles. The van der Waals surface area contributed by atoms with Gasteiger partial charge in [0.25, 0.3) is 0 Å². The molecule has 5 aliphatic heterocycles. The predicted molar refractivity (Wildman–Crippen MR) is 99.5 cm³/mol. The molecule has 1 aliphatic carbocycles. The minimum atomic E-state index is -2.61. The molecule has 15 nitrogen and oxygen atoms in total. The summed E-state index contributed by atoms with van der Waals surface area (Å²) < 4.78 is 21.5. The summed E-state index contributed by atoms with van der Waals surface area (Å²) in [7, 11) is 0. The van der Waals surface area contributed by atoms with Crippen LogP contribution in [-0.2, 0) is 18.9 Å². The number of nitrogens with two attached hydrogens (primary N) is 1. The third-order valence-electron chi connectivity index (χ3n) is 7.65. The van der Waals surface area contributed by atoms with Gasteiger partial charge in [0.05, 0.1) is 25.2 Å². The van der Waals surface area contributed by atoms with E-state index >= 15 is 0 Å². The van der Waals surface area contributed by atoms with Crippen molar-refractivity contribution in [2.45, 2.75) is 79.3 Å². The van der Waals surface area contributed by atoms with Crippen molar-refractivity contribution in [2.75, 3.05) is 13.2 Å². The van der Waals surface area contributed by atoms with Crippen molar-refractivity contribution in [3.63, 3.8) is 0 Å². The van der Waals surface area contributed by atoms with Crippen molar-refractivity contribution in [1.29, 1.82) is 0 Å². The second-order valence-corrected chi connectivity index (χ2v) is 9.40. The lowest BCUT2D eigenvalue weighted by molar-refractivity contribution is -0.561. The highest BCUT2D eigenvalue weighted by atomic mass is 16.9. The summed E-state index contributed by atoms with van der Waals surface area (Å²) in [5, 5.41) is 94.2. The van der Waals surface area contributed by atoms with E-state index in [1.807, 2.05) is 0 Å². The quantitative estimate of drug-likeness (QED) is 0.179. The van der Waals surface area contributed by atoms with Gasteiger partial charge < -0.3 is 70.6 Å². The highest BCUT2D eigenvalue weighted by Gasteiger charge is 2.82. The molecule has 33 heavy (non-hydrogen) atoms. The van der Waals surface area contributed by atoms with Crippen LogP contribution in [0.5, 0.6) is 0 Å². The molecule has 0 aromatic heterocycles. The van der Waals surface area contributed by atoms with E-state index in [9.17, 15) is 46.0 Å². The van der Waals surface area contributed by atoms with Crippen molar-refractivity contribution in [3.8, 4) is 0 Å². The Kier molecular flexibility index (Phi) is 5.36. The molecule has 0 radical (unpaired) electrons. The van der Waals surface area contributed by atoms with Crippen LogP contribution in [0.15, 0.2) is 4.99 Å². The number of amidine groups is 1. The van der Waals surface area contributed by atoms with Crippen molar-refractivity contribution in [2.24, 2.45) is 22.1 Å². The van der Waals surface area contributed by atoms with E-state index in [1.165, 1.54) is 0 Å². The number of nitrogens with zero attached hydrogens (tertiary/aromatic N) is 1. The van der Waals surface area contributed by atoms with Crippen LogP contribution in [0.1, 0.15) is 6.42 Å². The number of aliphatic hydroxyl groups is 9. The van der Waals surface area contributed by atoms with E-state index in [0.29, 0.717) is 0 Å². The normalized spacial score (nSPS) is 59.9. The van der Waals surface area contributed by atoms with Crippen LogP contribution in [0.25, 0.3) is 0 Å². The highest BCUT2D eigenvalue weighted by Crippen LogP contribution is 2.64. The molecule has 9 unspecified atom stereocenters. The molecule has 1 saturated carbocycles. The highest BCUT2D eigenvalue weighted by molar-refractivity contribution is 5.82. The van der Waals surface area contributed by atoms with Crippen molar-refractivity contribution < 1.29 is 64.9 Å². The second-order valence-electron chi connectivity index (χ2n) is 9.40. The van der Waals surface area contributed by atoms with Crippen molar-refractivity contribution in [1.82, 2.24) is 0 Å². The molecule has 4 saturated heterocycles. The molecule has 188 valence electrons. The second kappa shape index (κ2) is 7.47. The van der Waals surface area contributed by atoms with Crippen molar-refractivity contribution >= 4 is 5.84 Å². The Morgan fingerprint density at radius 1 is 1.00 bits per heavy atom. The smallest absolute Gasteiger partial charge is 0.309 e. The van der Waals surface area contributed by atoms with Crippen LogP contribution in [0.2, 0.25) is 0 Å². The van der Waals surface area contributed by atoms with E-state index in [0.717, 1.165) is 0 Å². The Hall–Kier alpha value is -1.05. The van der Waals surface area contributed by atoms with Gasteiger partial charge in [0.1, 0.15) is 48.3 Å². The summed E-state index contributed by atoms with van der Waals surface area (Å²) in [5.41, 5.74) is 1.87. The fourth-order valence-electron chi connectivity index (χ4n) is 6.00. The first-order chi connectivity index (χ1) is 15.4. The Bertz CT molecular complexity index is 831. The Morgan fingerprint density at radius 3 is 2.33 bits per heavy atom. The Balaban J connectivity index is 1.45. The summed E-state index contributed by atoms with van der Waals surface area (Å²) >= 11 is 0. The Morgan fingerprint density at radius 2 is 1.67 bits per heavy atom. The van der Waals surface area contributed by atoms with Gasteiger partial charge in [-0.2, -0.15) is 0 Å². The molecule has 15 heteroatoms. The van der Waals surface area contributed by atoms with E-state index in [-0.39, 0.29) is 12.3 Å². The lowest BCUT2D eigenvalue weighted by atomic mass is 9.49. The predicted octanol–water partition coefficient (Wildman–Crippen LogP) is -6.60. The first-order valence-corrected chi connectivity index (χ1v) is 10.5. The summed E-state index contributed by atoms with van der Waals surface area (Å²) in [6, 6.07) is 0. The molecule has 11 N–H and O–H groups in total. The average Bonchev–Trinajstić information content (AvgIpc) is 2.75. The summed E-state index contributed by atoms with van der Waals surface area (Å²) in [6.45, 7) is -1.47. The number of hydrogen-bond donors (Lipinski definition) is 10. The van der Waals surface area contributed by atoms with E-state index in [2.05, 4.69) is 4.99 Å². The van der Waals surface area contributed by atoms with Crippen LogP contribution >= 0.6 is 0 Å². The molecule has 0 amide bonds. The zero-order chi connectivity index (χ0) is 24.1. The van der Waals surface area contributed by atoms with Gasteiger partial charge in [-0.1, -0.05) is 0 Å². The molecule has 6 rings (SSSR count). The molecule has 4 bridgehead atoms. The lowest BCUT2D eigenvalue weighted by Crippen LogP contribution is -2.89. The average molecular weight is 480 g/mol. The van der Waals surface area contributed by atoms with Gasteiger partial charge in [-0.25, -0.2) is 4.99 Å². The third-order valence-corrected chi connectivity index (χ3v) is 7.65. The molecule has 6 aliphatic rings. The number of ether oxygens (including phenoxy) is 4. The fraction of sp³-hybridized carbons (Fsp3) is 0.944. The van der Waals surface area contributed by atoms with E-state index in [1.54, 1.807) is 0 Å². The molecule has 14 atom stereocenters. The minimum absolute atomic E-state index is 0.0801. The minimum Gasteiger partial charge on any atom is -0.394 e. The van der Waals surface area contributed by atoms with Gasteiger partial charge in [0.2, 0.25) is 0 Å².